The van der Waals surface area contributed by atoms with E-state index in [1.807, 2.05) is 6.92 Å². The van der Waals surface area contributed by atoms with Crippen LogP contribution in [0.5, 0.6) is 5.88 Å². The van der Waals surface area contributed by atoms with Gasteiger partial charge in [0, 0.05) is 18.3 Å². The van der Waals surface area contributed by atoms with Gasteiger partial charge in [-0.1, -0.05) is 29.3 Å². The van der Waals surface area contributed by atoms with Gasteiger partial charge < -0.3 is 4.74 Å². The molecule has 1 aromatic carbocycles. The average molecular weight is 455 g/mol. The highest BCUT2D eigenvalue weighted by Gasteiger charge is 2.16. The zero-order valence-corrected chi connectivity index (χ0v) is 17.5. The van der Waals surface area contributed by atoms with Gasteiger partial charge in [-0.3, -0.25) is 4.79 Å². The van der Waals surface area contributed by atoms with E-state index >= 15 is 0 Å². The van der Waals surface area contributed by atoms with Crippen molar-refractivity contribution in [1.82, 2.24) is 19.5 Å². The molecule has 2 aromatic heterocycles. The first-order chi connectivity index (χ1) is 13.8. The van der Waals surface area contributed by atoms with Crippen LogP contribution in [0.25, 0.3) is 5.69 Å². The van der Waals surface area contributed by atoms with E-state index < -0.39 is 15.6 Å². The van der Waals surface area contributed by atoms with E-state index in [-0.39, 0.29) is 21.5 Å². The van der Waals surface area contributed by atoms with E-state index in [9.17, 15) is 13.2 Å². The standard InChI is InChI=1S/C18H16Cl2N4O4S/c1-2-28-17-12(4-3-9-21-17)10-23-29(26,27)14-7-5-13(6-8-14)24-18(25)16(20)15(19)11-22-24/h3-9,11,23H,2,10H2,1H3. The third kappa shape index (κ3) is 4.76. The molecular formula is C18H16Cl2N4O4S. The van der Waals surface area contributed by atoms with Gasteiger partial charge >= 0.3 is 0 Å². The Morgan fingerprint density at radius 3 is 2.59 bits per heavy atom. The predicted molar refractivity (Wildman–Crippen MR) is 109 cm³/mol. The molecular weight excluding hydrogens is 439 g/mol. The highest BCUT2D eigenvalue weighted by Crippen LogP contribution is 2.18. The monoisotopic (exact) mass is 454 g/mol. The summed E-state index contributed by atoms with van der Waals surface area (Å²) in [5.41, 5.74) is 0.354. The van der Waals surface area contributed by atoms with Crippen LogP contribution in [0.15, 0.2) is 58.5 Å². The molecule has 1 N–H and O–H groups in total. The molecule has 0 aliphatic carbocycles. The maximum absolute atomic E-state index is 12.6. The van der Waals surface area contributed by atoms with E-state index in [1.165, 1.54) is 30.5 Å². The van der Waals surface area contributed by atoms with Crippen LogP contribution in [-0.4, -0.2) is 29.8 Å². The number of nitrogens with zero attached hydrogens (tertiary/aromatic N) is 3. The highest BCUT2D eigenvalue weighted by molar-refractivity contribution is 7.89. The van der Waals surface area contributed by atoms with Gasteiger partial charge in [0.15, 0.2) is 0 Å². The second kappa shape index (κ2) is 8.91. The lowest BCUT2D eigenvalue weighted by Gasteiger charge is -2.11. The van der Waals surface area contributed by atoms with Crippen LogP contribution in [-0.2, 0) is 16.6 Å². The number of rotatable bonds is 7. The number of pyridine rings is 1. The Hall–Kier alpha value is -2.46. The lowest BCUT2D eigenvalue weighted by Crippen LogP contribution is -2.24. The van der Waals surface area contributed by atoms with Crippen molar-refractivity contribution in [2.75, 3.05) is 6.61 Å². The molecule has 11 heteroatoms. The van der Waals surface area contributed by atoms with E-state index in [0.29, 0.717) is 23.7 Å². The first-order valence-corrected chi connectivity index (χ1v) is 10.7. The maximum atomic E-state index is 12.6. The fourth-order valence-corrected chi connectivity index (χ4v) is 3.70. The lowest BCUT2D eigenvalue weighted by atomic mass is 10.3. The molecule has 8 nitrogen and oxygen atoms in total. The van der Waals surface area contributed by atoms with Crippen molar-refractivity contribution in [1.29, 1.82) is 0 Å². The molecule has 3 aromatic rings. The van der Waals surface area contributed by atoms with Crippen molar-refractivity contribution in [2.45, 2.75) is 18.4 Å². The number of nitrogens with one attached hydrogen (secondary N) is 1. The summed E-state index contributed by atoms with van der Waals surface area (Å²) < 4.78 is 34.1. The molecule has 0 aliphatic rings. The molecule has 3 rings (SSSR count). The van der Waals surface area contributed by atoms with Crippen LogP contribution in [0, 0.1) is 0 Å². The topological polar surface area (TPSA) is 103 Å². The molecule has 2 heterocycles. The van der Waals surface area contributed by atoms with E-state index in [2.05, 4.69) is 14.8 Å². The molecule has 0 atom stereocenters. The number of hydrogen-bond acceptors (Lipinski definition) is 6. The Labute approximate surface area is 177 Å². The molecule has 0 aliphatic heterocycles. The smallest absolute Gasteiger partial charge is 0.291 e. The van der Waals surface area contributed by atoms with Gasteiger partial charge in [0.1, 0.15) is 5.02 Å². The molecule has 0 amide bonds. The maximum Gasteiger partial charge on any atom is 0.291 e. The SMILES string of the molecule is CCOc1ncccc1CNS(=O)(=O)c1ccc(-n2ncc(Cl)c(Cl)c2=O)cc1. The second-order valence-corrected chi connectivity index (χ2v) is 8.29. The molecule has 29 heavy (non-hydrogen) atoms. The number of sulfonamides is 1. The third-order valence-electron chi connectivity index (χ3n) is 3.85. The molecule has 0 fully saturated rings. The highest BCUT2D eigenvalue weighted by atomic mass is 35.5. The summed E-state index contributed by atoms with van der Waals surface area (Å²) in [7, 11) is -3.80. The van der Waals surface area contributed by atoms with Gasteiger partial charge in [-0.05, 0) is 37.3 Å². The first-order valence-electron chi connectivity index (χ1n) is 8.43. The predicted octanol–water partition coefficient (Wildman–Crippen LogP) is 2.81. The van der Waals surface area contributed by atoms with Gasteiger partial charge in [0.25, 0.3) is 5.56 Å². The van der Waals surface area contributed by atoms with Gasteiger partial charge in [-0.2, -0.15) is 9.78 Å². The van der Waals surface area contributed by atoms with Gasteiger partial charge in [-0.15, -0.1) is 0 Å². The Morgan fingerprint density at radius 2 is 1.90 bits per heavy atom. The minimum Gasteiger partial charge on any atom is -0.478 e. The van der Waals surface area contributed by atoms with Crippen molar-refractivity contribution in [3.63, 3.8) is 0 Å². The normalized spacial score (nSPS) is 11.4. The largest absolute Gasteiger partial charge is 0.478 e. The molecule has 0 saturated heterocycles. The van der Waals surface area contributed by atoms with Crippen LogP contribution < -0.4 is 15.0 Å². The fourth-order valence-electron chi connectivity index (χ4n) is 2.44. The minimum absolute atomic E-state index is 0.0149. The number of halogens is 2. The van der Waals surface area contributed by atoms with Gasteiger partial charge in [0.2, 0.25) is 15.9 Å². The van der Waals surface area contributed by atoms with Gasteiger partial charge in [0.05, 0.1) is 28.4 Å². The molecule has 0 spiro atoms. The first kappa shape index (κ1) is 21.3. The zero-order chi connectivity index (χ0) is 21.0. The van der Waals surface area contributed by atoms with Crippen LogP contribution in [0.3, 0.4) is 0 Å². The van der Waals surface area contributed by atoms with Crippen LogP contribution >= 0.6 is 23.2 Å². The number of ether oxygens (including phenoxy) is 1. The lowest BCUT2D eigenvalue weighted by molar-refractivity contribution is 0.322. The molecule has 0 bridgehead atoms. The van der Waals surface area contributed by atoms with Gasteiger partial charge in [-0.25, -0.2) is 18.1 Å². The number of benzene rings is 1. The number of hydrogen-bond donors (Lipinski definition) is 1. The average Bonchev–Trinajstić information content (AvgIpc) is 2.72. The summed E-state index contributed by atoms with van der Waals surface area (Å²) in [6.07, 6.45) is 2.81. The molecule has 0 radical (unpaired) electrons. The van der Waals surface area contributed by atoms with E-state index in [1.54, 1.807) is 18.3 Å². The second-order valence-electron chi connectivity index (χ2n) is 5.74. The Balaban J connectivity index is 1.81. The van der Waals surface area contributed by atoms with Crippen LogP contribution in [0.2, 0.25) is 10.0 Å². The summed E-state index contributed by atoms with van der Waals surface area (Å²) in [5.74, 6) is 0.373. The Bertz CT molecular complexity index is 1180. The Morgan fingerprint density at radius 1 is 1.17 bits per heavy atom. The van der Waals surface area contributed by atoms with Crippen LogP contribution in [0.4, 0.5) is 0 Å². The Kier molecular flexibility index (Phi) is 6.53. The fraction of sp³-hybridized carbons (Fsp3) is 0.167. The van der Waals surface area contributed by atoms with Crippen molar-refractivity contribution < 1.29 is 13.2 Å². The zero-order valence-electron chi connectivity index (χ0n) is 15.2. The van der Waals surface area contributed by atoms with Crippen LogP contribution in [0.1, 0.15) is 12.5 Å². The van der Waals surface area contributed by atoms with Crippen molar-refractivity contribution in [3.05, 3.63) is 74.8 Å². The summed E-state index contributed by atoms with van der Waals surface area (Å²) in [6, 6.07) is 9.04. The summed E-state index contributed by atoms with van der Waals surface area (Å²) in [6.45, 7) is 2.25. The molecule has 152 valence electrons. The minimum atomic E-state index is -3.80. The number of aromatic nitrogens is 3. The summed E-state index contributed by atoms with van der Waals surface area (Å²) in [5, 5.41) is 3.78. The van der Waals surface area contributed by atoms with E-state index in [0.717, 1.165) is 4.68 Å². The van der Waals surface area contributed by atoms with E-state index in [4.69, 9.17) is 27.9 Å². The third-order valence-corrected chi connectivity index (χ3v) is 6.02. The van der Waals surface area contributed by atoms with Crippen molar-refractivity contribution in [3.8, 4) is 11.6 Å². The molecule has 0 saturated carbocycles. The van der Waals surface area contributed by atoms with Crippen molar-refractivity contribution in [2.24, 2.45) is 0 Å². The summed E-state index contributed by atoms with van der Waals surface area (Å²) >= 11 is 11.6. The summed E-state index contributed by atoms with van der Waals surface area (Å²) in [4.78, 5) is 16.3. The van der Waals surface area contributed by atoms with Crippen molar-refractivity contribution >= 4 is 33.2 Å². The molecule has 0 unspecified atom stereocenters. The quantitative estimate of drug-likeness (QED) is 0.588.